The quantitative estimate of drug-likeness (QED) is 0.735. The Morgan fingerprint density at radius 2 is 1.58 bits per heavy atom. The van der Waals surface area contributed by atoms with E-state index in [0.29, 0.717) is 17.8 Å². The highest BCUT2D eigenvalue weighted by Gasteiger charge is 2.19. The number of nitrogens with one attached hydrogen (secondary N) is 1. The lowest BCUT2D eigenvalue weighted by molar-refractivity contribution is 0.267. The highest BCUT2D eigenvalue weighted by Crippen LogP contribution is 2.28. The van der Waals surface area contributed by atoms with Gasteiger partial charge in [-0.25, -0.2) is 0 Å². The van der Waals surface area contributed by atoms with Crippen LogP contribution in [0.4, 0.5) is 0 Å². The van der Waals surface area contributed by atoms with Crippen LogP contribution in [0, 0.1) is 17.8 Å². The highest BCUT2D eigenvalue weighted by atomic mass is 16.3. The van der Waals surface area contributed by atoms with Gasteiger partial charge in [-0.2, -0.15) is 0 Å². The average Bonchev–Trinajstić information content (AvgIpc) is 2.27. The summed E-state index contributed by atoms with van der Waals surface area (Å²) in [4.78, 5) is 0. The van der Waals surface area contributed by atoms with E-state index in [9.17, 15) is 10.2 Å². The first-order chi connectivity index (χ1) is 8.82. The SMILES string of the molecule is CC(NCC(C(C)C)C(C)C)c1ccc(O)cc1O. The number of hydrogen-bond acceptors (Lipinski definition) is 3. The van der Waals surface area contributed by atoms with Crippen LogP contribution < -0.4 is 5.32 Å². The first-order valence-electron chi connectivity index (χ1n) is 7.08. The van der Waals surface area contributed by atoms with Gasteiger partial charge in [0.25, 0.3) is 0 Å². The molecule has 0 heterocycles. The minimum atomic E-state index is 0.0700. The molecule has 19 heavy (non-hydrogen) atoms. The van der Waals surface area contributed by atoms with E-state index in [1.165, 1.54) is 6.07 Å². The van der Waals surface area contributed by atoms with E-state index in [-0.39, 0.29) is 17.5 Å². The Bertz CT molecular complexity index is 394. The summed E-state index contributed by atoms with van der Waals surface area (Å²) in [7, 11) is 0. The van der Waals surface area contributed by atoms with Crippen molar-refractivity contribution in [3.63, 3.8) is 0 Å². The van der Waals surface area contributed by atoms with Gasteiger partial charge in [-0.1, -0.05) is 33.8 Å². The summed E-state index contributed by atoms with van der Waals surface area (Å²) in [6, 6.07) is 4.83. The van der Waals surface area contributed by atoms with Crippen molar-refractivity contribution in [3.8, 4) is 11.5 Å². The molecule has 0 aliphatic heterocycles. The van der Waals surface area contributed by atoms with E-state index in [2.05, 4.69) is 33.0 Å². The lowest BCUT2D eigenvalue weighted by Crippen LogP contribution is -2.31. The molecule has 0 amide bonds. The number of phenols is 2. The van der Waals surface area contributed by atoms with Crippen LogP contribution in [0.2, 0.25) is 0 Å². The Kier molecular flexibility index (Phi) is 5.67. The molecule has 0 radical (unpaired) electrons. The van der Waals surface area contributed by atoms with Gasteiger partial charge in [0.15, 0.2) is 0 Å². The van der Waals surface area contributed by atoms with Gasteiger partial charge in [-0.3, -0.25) is 0 Å². The number of aromatic hydroxyl groups is 2. The molecule has 108 valence electrons. The predicted molar refractivity (Wildman–Crippen MR) is 79.4 cm³/mol. The van der Waals surface area contributed by atoms with Crippen molar-refractivity contribution in [2.24, 2.45) is 17.8 Å². The normalized spacial score (nSPS) is 13.5. The van der Waals surface area contributed by atoms with Gasteiger partial charge in [0.1, 0.15) is 11.5 Å². The van der Waals surface area contributed by atoms with Crippen LogP contribution in [0.1, 0.15) is 46.2 Å². The maximum Gasteiger partial charge on any atom is 0.124 e. The smallest absolute Gasteiger partial charge is 0.124 e. The summed E-state index contributed by atoms with van der Waals surface area (Å²) >= 11 is 0. The standard InChI is InChI=1S/C16H27NO2/c1-10(2)15(11(3)4)9-17-12(5)14-7-6-13(18)8-16(14)19/h6-8,10-12,15,17-19H,9H2,1-5H3. The van der Waals surface area contributed by atoms with Crippen LogP contribution in [0.5, 0.6) is 11.5 Å². The molecule has 3 nitrogen and oxygen atoms in total. The van der Waals surface area contributed by atoms with Crippen LogP contribution in [0.3, 0.4) is 0 Å². The lowest BCUT2D eigenvalue weighted by Gasteiger charge is -2.27. The van der Waals surface area contributed by atoms with Crippen molar-refractivity contribution in [1.82, 2.24) is 5.32 Å². The van der Waals surface area contributed by atoms with Crippen molar-refractivity contribution in [2.45, 2.75) is 40.7 Å². The van der Waals surface area contributed by atoms with Gasteiger partial charge >= 0.3 is 0 Å². The van der Waals surface area contributed by atoms with Crippen LogP contribution in [0.25, 0.3) is 0 Å². The first kappa shape index (κ1) is 15.8. The third-order valence-electron chi connectivity index (χ3n) is 3.85. The fourth-order valence-corrected chi connectivity index (χ4v) is 2.56. The van der Waals surface area contributed by atoms with Crippen LogP contribution in [-0.4, -0.2) is 16.8 Å². The zero-order valence-electron chi connectivity index (χ0n) is 12.6. The summed E-state index contributed by atoms with van der Waals surface area (Å²) in [5.41, 5.74) is 0.823. The van der Waals surface area contributed by atoms with Gasteiger partial charge in [0.2, 0.25) is 0 Å². The molecular formula is C16H27NO2. The van der Waals surface area contributed by atoms with E-state index in [1.807, 2.05) is 6.92 Å². The maximum atomic E-state index is 9.85. The number of rotatable bonds is 6. The summed E-state index contributed by atoms with van der Waals surface area (Å²) in [5, 5.41) is 22.6. The molecule has 0 saturated carbocycles. The summed E-state index contributed by atoms with van der Waals surface area (Å²) in [5.74, 6) is 2.12. The van der Waals surface area contributed by atoms with Crippen molar-refractivity contribution >= 4 is 0 Å². The van der Waals surface area contributed by atoms with Gasteiger partial charge in [0, 0.05) is 17.7 Å². The van der Waals surface area contributed by atoms with Crippen molar-refractivity contribution < 1.29 is 10.2 Å². The Balaban J connectivity index is 2.66. The van der Waals surface area contributed by atoms with Crippen molar-refractivity contribution in [3.05, 3.63) is 23.8 Å². The Morgan fingerprint density at radius 3 is 2.05 bits per heavy atom. The molecule has 1 unspecified atom stereocenters. The molecule has 0 bridgehead atoms. The third-order valence-corrected chi connectivity index (χ3v) is 3.85. The molecule has 0 spiro atoms. The fourth-order valence-electron chi connectivity index (χ4n) is 2.56. The third kappa shape index (κ3) is 4.43. The van der Waals surface area contributed by atoms with E-state index >= 15 is 0 Å². The van der Waals surface area contributed by atoms with E-state index in [1.54, 1.807) is 12.1 Å². The molecule has 1 rings (SSSR count). The topological polar surface area (TPSA) is 52.5 Å². The lowest BCUT2D eigenvalue weighted by atomic mass is 9.85. The average molecular weight is 265 g/mol. The predicted octanol–water partition coefficient (Wildman–Crippen LogP) is 3.68. The van der Waals surface area contributed by atoms with E-state index < -0.39 is 0 Å². The molecule has 3 N–H and O–H groups in total. The zero-order chi connectivity index (χ0) is 14.6. The number of benzene rings is 1. The molecule has 0 aliphatic rings. The molecule has 0 saturated heterocycles. The molecule has 0 fully saturated rings. The monoisotopic (exact) mass is 265 g/mol. The second-order valence-electron chi connectivity index (χ2n) is 6.02. The van der Waals surface area contributed by atoms with Crippen LogP contribution >= 0.6 is 0 Å². The molecular weight excluding hydrogens is 238 g/mol. The summed E-state index contributed by atoms with van der Waals surface area (Å²) in [6.07, 6.45) is 0. The van der Waals surface area contributed by atoms with Gasteiger partial charge in [-0.05, 0) is 37.3 Å². The summed E-state index contributed by atoms with van der Waals surface area (Å²) in [6.45, 7) is 11.9. The minimum Gasteiger partial charge on any atom is -0.508 e. The van der Waals surface area contributed by atoms with Crippen LogP contribution in [0.15, 0.2) is 18.2 Å². The molecule has 0 aromatic heterocycles. The summed E-state index contributed by atoms with van der Waals surface area (Å²) < 4.78 is 0. The molecule has 1 atom stereocenters. The Morgan fingerprint density at radius 1 is 1.00 bits per heavy atom. The number of phenolic OH excluding ortho intramolecular Hbond substituents is 2. The Hall–Kier alpha value is -1.22. The first-order valence-corrected chi connectivity index (χ1v) is 7.08. The fraction of sp³-hybridized carbons (Fsp3) is 0.625. The van der Waals surface area contributed by atoms with Crippen LogP contribution in [-0.2, 0) is 0 Å². The molecule has 0 aliphatic carbocycles. The van der Waals surface area contributed by atoms with E-state index in [4.69, 9.17) is 0 Å². The zero-order valence-corrected chi connectivity index (χ0v) is 12.6. The van der Waals surface area contributed by atoms with Crippen molar-refractivity contribution in [2.75, 3.05) is 6.54 Å². The number of hydrogen-bond donors (Lipinski definition) is 3. The molecule has 3 heteroatoms. The second-order valence-corrected chi connectivity index (χ2v) is 6.02. The minimum absolute atomic E-state index is 0.0700. The van der Waals surface area contributed by atoms with Crippen molar-refractivity contribution in [1.29, 1.82) is 0 Å². The largest absolute Gasteiger partial charge is 0.508 e. The molecule has 1 aromatic carbocycles. The second kappa shape index (κ2) is 6.80. The molecule has 1 aromatic rings. The van der Waals surface area contributed by atoms with Gasteiger partial charge < -0.3 is 15.5 Å². The Labute approximate surface area is 116 Å². The maximum absolute atomic E-state index is 9.85. The van der Waals surface area contributed by atoms with Gasteiger partial charge in [-0.15, -0.1) is 0 Å². The van der Waals surface area contributed by atoms with Gasteiger partial charge in [0.05, 0.1) is 0 Å². The van der Waals surface area contributed by atoms with E-state index in [0.717, 1.165) is 12.1 Å². The highest BCUT2D eigenvalue weighted by molar-refractivity contribution is 5.40.